The molecule has 0 saturated heterocycles. The van der Waals surface area contributed by atoms with Gasteiger partial charge in [0.15, 0.2) is 5.82 Å². The van der Waals surface area contributed by atoms with Gasteiger partial charge in [0, 0.05) is 6.07 Å². The predicted molar refractivity (Wildman–Crippen MR) is 51.0 cm³/mol. The van der Waals surface area contributed by atoms with Crippen molar-refractivity contribution in [1.29, 1.82) is 0 Å². The summed E-state index contributed by atoms with van der Waals surface area (Å²) < 4.78 is 4.76. The summed E-state index contributed by atoms with van der Waals surface area (Å²) in [6.07, 6.45) is 0. The molecule has 2 N–H and O–H groups in total. The van der Waals surface area contributed by atoms with Gasteiger partial charge in [-0.25, -0.2) is 0 Å². The molecule has 0 unspecified atom stereocenters. The Bertz CT molecular complexity index is 274. The Kier molecular flexibility index (Phi) is 5.10. The molecule has 0 atom stereocenters. The summed E-state index contributed by atoms with van der Waals surface area (Å²) in [5, 5.41) is 8.88. The molecule has 74 valence electrons. The second kappa shape index (κ2) is 5.55. The minimum atomic E-state index is -0.134. The van der Waals surface area contributed by atoms with E-state index in [4.69, 9.17) is 4.52 Å². The molecule has 0 spiro atoms. The van der Waals surface area contributed by atoms with E-state index < -0.39 is 0 Å². The highest BCUT2D eigenvalue weighted by Gasteiger charge is 2.03. The van der Waals surface area contributed by atoms with Gasteiger partial charge in [-0.2, -0.15) is 0 Å². The predicted octanol–water partition coefficient (Wildman–Crippen LogP) is 0.563. The zero-order valence-electron chi connectivity index (χ0n) is 7.46. The van der Waals surface area contributed by atoms with E-state index in [2.05, 4.69) is 15.8 Å². The van der Waals surface area contributed by atoms with Gasteiger partial charge in [-0.1, -0.05) is 5.16 Å². The molecular weight excluding hydrogens is 194 g/mol. The minimum absolute atomic E-state index is 0. The lowest BCUT2D eigenvalue weighted by Gasteiger charge is -1.97. The van der Waals surface area contributed by atoms with Crippen LogP contribution in [0.3, 0.4) is 0 Å². The monoisotopic (exact) mass is 205 g/mol. The van der Waals surface area contributed by atoms with Gasteiger partial charge in [-0.3, -0.25) is 4.79 Å². The maximum absolute atomic E-state index is 11.0. The lowest BCUT2D eigenvalue weighted by atomic mass is 10.5. The van der Waals surface area contributed by atoms with Gasteiger partial charge in [0.05, 0.1) is 6.54 Å². The topological polar surface area (TPSA) is 67.2 Å². The molecule has 0 aliphatic heterocycles. The SMILES string of the molecule is CNCC(=O)Nc1cc(C)on1.Cl. The van der Waals surface area contributed by atoms with E-state index in [1.807, 2.05) is 0 Å². The number of carbonyl (C=O) groups excluding carboxylic acids is 1. The third kappa shape index (κ3) is 3.91. The fourth-order valence-electron chi connectivity index (χ4n) is 0.773. The highest BCUT2D eigenvalue weighted by atomic mass is 35.5. The molecule has 0 radical (unpaired) electrons. The van der Waals surface area contributed by atoms with Crippen molar-refractivity contribution in [3.63, 3.8) is 0 Å². The molecule has 0 bridgehead atoms. The van der Waals surface area contributed by atoms with Crippen molar-refractivity contribution < 1.29 is 9.32 Å². The van der Waals surface area contributed by atoms with E-state index >= 15 is 0 Å². The van der Waals surface area contributed by atoms with Crippen LogP contribution in [0.4, 0.5) is 5.82 Å². The fourth-order valence-corrected chi connectivity index (χ4v) is 0.773. The van der Waals surface area contributed by atoms with Gasteiger partial charge in [-0.05, 0) is 14.0 Å². The van der Waals surface area contributed by atoms with Crippen LogP contribution in [0.1, 0.15) is 5.76 Å². The number of hydrogen-bond acceptors (Lipinski definition) is 4. The fraction of sp³-hybridized carbons (Fsp3) is 0.429. The number of amides is 1. The maximum atomic E-state index is 11.0. The first-order valence-corrected chi connectivity index (χ1v) is 3.60. The smallest absolute Gasteiger partial charge is 0.239 e. The van der Waals surface area contributed by atoms with Crippen molar-refractivity contribution in [2.75, 3.05) is 18.9 Å². The van der Waals surface area contributed by atoms with Crippen LogP contribution in [0.5, 0.6) is 0 Å². The van der Waals surface area contributed by atoms with Crippen molar-refractivity contribution in [2.24, 2.45) is 0 Å². The molecular formula is C7H12ClN3O2. The first-order valence-electron chi connectivity index (χ1n) is 3.60. The summed E-state index contributed by atoms with van der Waals surface area (Å²) in [6.45, 7) is 2.03. The summed E-state index contributed by atoms with van der Waals surface area (Å²) in [7, 11) is 1.70. The number of likely N-dealkylation sites (N-methyl/N-ethyl adjacent to an activating group) is 1. The van der Waals surface area contributed by atoms with Crippen LogP contribution in [0.2, 0.25) is 0 Å². The summed E-state index contributed by atoms with van der Waals surface area (Å²) >= 11 is 0. The zero-order valence-corrected chi connectivity index (χ0v) is 8.27. The van der Waals surface area contributed by atoms with Gasteiger partial charge in [0.2, 0.25) is 5.91 Å². The molecule has 1 amide bonds. The number of rotatable bonds is 3. The highest BCUT2D eigenvalue weighted by Crippen LogP contribution is 2.05. The van der Waals surface area contributed by atoms with Crippen molar-refractivity contribution in [3.8, 4) is 0 Å². The average molecular weight is 206 g/mol. The quantitative estimate of drug-likeness (QED) is 0.757. The van der Waals surface area contributed by atoms with Crippen LogP contribution in [0, 0.1) is 6.92 Å². The number of aromatic nitrogens is 1. The van der Waals surface area contributed by atoms with Crippen LogP contribution in [0.25, 0.3) is 0 Å². The molecule has 6 heteroatoms. The largest absolute Gasteiger partial charge is 0.360 e. The zero-order chi connectivity index (χ0) is 8.97. The molecule has 0 aliphatic carbocycles. The molecule has 13 heavy (non-hydrogen) atoms. The van der Waals surface area contributed by atoms with Gasteiger partial charge in [0.25, 0.3) is 0 Å². The van der Waals surface area contributed by atoms with Crippen molar-refractivity contribution in [1.82, 2.24) is 10.5 Å². The van der Waals surface area contributed by atoms with Gasteiger partial charge >= 0.3 is 0 Å². The van der Waals surface area contributed by atoms with Crippen molar-refractivity contribution in [3.05, 3.63) is 11.8 Å². The normalized spacial score (nSPS) is 9.08. The number of carbonyl (C=O) groups is 1. The first-order chi connectivity index (χ1) is 5.72. The second-order valence-electron chi connectivity index (χ2n) is 2.40. The summed E-state index contributed by atoms with van der Waals surface area (Å²) in [4.78, 5) is 11.0. The van der Waals surface area contributed by atoms with Crippen LogP contribution < -0.4 is 10.6 Å². The summed E-state index contributed by atoms with van der Waals surface area (Å²) in [5.41, 5.74) is 0. The first kappa shape index (κ1) is 11.9. The van der Waals surface area contributed by atoms with Crippen LogP contribution in [-0.4, -0.2) is 24.7 Å². The summed E-state index contributed by atoms with van der Waals surface area (Å²) in [5.74, 6) is 0.994. The lowest BCUT2D eigenvalue weighted by Crippen LogP contribution is -2.25. The average Bonchev–Trinajstić information content (AvgIpc) is 2.36. The van der Waals surface area contributed by atoms with Gasteiger partial charge in [-0.15, -0.1) is 12.4 Å². The third-order valence-electron chi connectivity index (χ3n) is 1.23. The van der Waals surface area contributed by atoms with Crippen LogP contribution >= 0.6 is 12.4 Å². The van der Waals surface area contributed by atoms with Crippen molar-refractivity contribution >= 4 is 24.1 Å². The third-order valence-corrected chi connectivity index (χ3v) is 1.23. The van der Waals surface area contributed by atoms with E-state index in [1.54, 1.807) is 20.0 Å². The molecule has 1 heterocycles. The van der Waals surface area contributed by atoms with E-state index in [9.17, 15) is 4.79 Å². The number of hydrogen-bond donors (Lipinski definition) is 2. The number of nitrogens with zero attached hydrogens (tertiary/aromatic N) is 1. The molecule has 1 rings (SSSR count). The maximum Gasteiger partial charge on any atom is 0.239 e. The van der Waals surface area contributed by atoms with Crippen molar-refractivity contribution in [2.45, 2.75) is 6.92 Å². The van der Waals surface area contributed by atoms with E-state index in [0.29, 0.717) is 11.6 Å². The Morgan fingerprint density at radius 2 is 2.38 bits per heavy atom. The summed E-state index contributed by atoms with van der Waals surface area (Å²) in [6, 6.07) is 1.66. The minimum Gasteiger partial charge on any atom is -0.360 e. The Morgan fingerprint density at radius 3 is 2.85 bits per heavy atom. The molecule has 0 saturated carbocycles. The Balaban J connectivity index is 0.00000144. The Labute approximate surface area is 82.3 Å². The van der Waals surface area contributed by atoms with Crippen LogP contribution in [-0.2, 0) is 4.79 Å². The molecule has 1 aromatic rings. The number of halogens is 1. The molecule has 1 aromatic heterocycles. The number of aryl methyl sites for hydroxylation is 1. The van der Waals surface area contributed by atoms with E-state index in [-0.39, 0.29) is 24.9 Å². The van der Waals surface area contributed by atoms with Gasteiger partial charge in [0.1, 0.15) is 5.76 Å². The van der Waals surface area contributed by atoms with E-state index in [1.165, 1.54) is 0 Å². The van der Waals surface area contributed by atoms with E-state index in [0.717, 1.165) is 0 Å². The number of nitrogens with one attached hydrogen (secondary N) is 2. The molecule has 0 fully saturated rings. The van der Waals surface area contributed by atoms with Gasteiger partial charge < -0.3 is 15.2 Å². The molecule has 0 aromatic carbocycles. The standard InChI is InChI=1S/C7H11N3O2.ClH/c1-5-3-6(10-12-5)9-7(11)4-8-2;/h3,8H,4H2,1-2H3,(H,9,10,11);1H. The molecule has 0 aliphatic rings. The van der Waals surface area contributed by atoms with Crippen LogP contribution in [0.15, 0.2) is 10.6 Å². The second-order valence-corrected chi connectivity index (χ2v) is 2.40. The number of anilines is 1. The lowest BCUT2D eigenvalue weighted by molar-refractivity contribution is -0.115. The highest BCUT2D eigenvalue weighted by molar-refractivity contribution is 5.91. The Hall–Kier alpha value is -1.07. The molecule has 5 nitrogen and oxygen atoms in total. The Morgan fingerprint density at radius 1 is 1.69 bits per heavy atom.